The molecule has 1 aromatic heterocycles. The van der Waals surface area contributed by atoms with Gasteiger partial charge in [0.25, 0.3) is 5.91 Å². The van der Waals surface area contributed by atoms with E-state index in [1.807, 2.05) is 30.3 Å². The zero-order valence-electron chi connectivity index (χ0n) is 20.9. The van der Waals surface area contributed by atoms with E-state index < -0.39 is 5.82 Å². The molecule has 196 valence electrons. The number of carbonyl (C=O) groups is 2. The highest BCUT2D eigenvalue weighted by atomic mass is 32.2. The van der Waals surface area contributed by atoms with Crippen LogP contribution >= 0.6 is 11.8 Å². The summed E-state index contributed by atoms with van der Waals surface area (Å²) in [7, 11) is 0. The molecule has 2 amide bonds. The van der Waals surface area contributed by atoms with E-state index in [1.54, 1.807) is 41.0 Å². The molecule has 4 rings (SSSR count). The van der Waals surface area contributed by atoms with Crippen molar-refractivity contribution >= 4 is 29.3 Å². The smallest absolute Gasteiger partial charge is 0.251 e. The lowest BCUT2D eigenvalue weighted by Gasteiger charge is -2.11. The molecule has 0 aliphatic heterocycles. The third kappa shape index (κ3) is 7.19. The number of aromatic nitrogens is 3. The number of hydrogen-bond acceptors (Lipinski definition) is 6. The number of rotatable bonds is 12. The molecule has 2 N–H and O–H groups in total. The second-order valence-electron chi connectivity index (χ2n) is 8.30. The molecule has 0 bridgehead atoms. The molecule has 0 fully saturated rings. The van der Waals surface area contributed by atoms with Crippen LogP contribution in [0, 0.1) is 5.82 Å². The SMILES string of the molecule is CCCCOc1ccc(C(=O)NCc2nnc(SCC(=O)Nc3ccccc3F)n2-c2ccccc2)cc1. The highest BCUT2D eigenvalue weighted by molar-refractivity contribution is 7.99. The van der Waals surface area contributed by atoms with Crippen molar-refractivity contribution in [1.82, 2.24) is 20.1 Å². The molecule has 0 radical (unpaired) electrons. The third-order valence-corrected chi connectivity index (χ3v) is 6.41. The number of unbranched alkanes of at least 4 members (excludes halogenated alkanes) is 1. The van der Waals surface area contributed by atoms with E-state index in [0.29, 0.717) is 23.2 Å². The second-order valence-corrected chi connectivity index (χ2v) is 9.24. The van der Waals surface area contributed by atoms with Crippen LogP contribution in [0.5, 0.6) is 5.75 Å². The lowest BCUT2D eigenvalue weighted by molar-refractivity contribution is -0.113. The first kappa shape index (κ1) is 26.9. The Bertz CT molecular complexity index is 1360. The van der Waals surface area contributed by atoms with Gasteiger partial charge in [-0.15, -0.1) is 10.2 Å². The number of benzene rings is 3. The summed E-state index contributed by atoms with van der Waals surface area (Å²) in [6.45, 7) is 2.86. The molecule has 0 saturated heterocycles. The molecule has 0 unspecified atom stereocenters. The van der Waals surface area contributed by atoms with Gasteiger partial charge in [0.1, 0.15) is 11.6 Å². The molecule has 8 nitrogen and oxygen atoms in total. The zero-order valence-corrected chi connectivity index (χ0v) is 21.7. The topological polar surface area (TPSA) is 98.1 Å². The first-order chi connectivity index (χ1) is 18.5. The standard InChI is InChI=1S/C28H28FN5O3S/c1-2-3-17-37-22-15-13-20(14-16-22)27(36)30-18-25-32-33-28(34(25)21-9-5-4-6-10-21)38-19-26(35)31-24-12-8-7-11-23(24)29/h4-16H,2-3,17-19H2,1H3,(H,30,36)(H,31,35). The molecule has 0 aliphatic carbocycles. The summed E-state index contributed by atoms with van der Waals surface area (Å²) in [4.78, 5) is 25.2. The Labute approximate surface area is 224 Å². The Morgan fingerprint density at radius 2 is 1.71 bits per heavy atom. The lowest BCUT2D eigenvalue weighted by Crippen LogP contribution is -2.24. The summed E-state index contributed by atoms with van der Waals surface area (Å²) in [5.41, 5.74) is 1.40. The Morgan fingerprint density at radius 1 is 0.974 bits per heavy atom. The summed E-state index contributed by atoms with van der Waals surface area (Å²) in [6.07, 6.45) is 2.02. The van der Waals surface area contributed by atoms with Crippen LogP contribution in [-0.2, 0) is 11.3 Å². The van der Waals surface area contributed by atoms with Crippen molar-refractivity contribution in [3.63, 3.8) is 0 Å². The van der Waals surface area contributed by atoms with Crippen LogP contribution in [0.25, 0.3) is 5.69 Å². The number of ether oxygens (including phenoxy) is 1. The number of nitrogens with zero attached hydrogens (tertiary/aromatic N) is 3. The van der Waals surface area contributed by atoms with E-state index in [4.69, 9.17) is 4.74 Å². The highest BCUT2D eigenvalue weighted by Gasteiger charge is 2.17. The van der Waals surface area contributed by atoms with Crippen LogP contribution in [0.1, 0.15) is 35.9 Å². The van der Waals surface area contributed by atoms with E-state index >= 15 is 0 Å². The van der Waals surface area contributed by atoms with Crippen molar-refractivity contribution in [1.29, 1.82) is 0 Å². The number of para-hydroxylation sites is 2. The van der Waals surface area contributed by atoms with Gasteiger partial charge < -0.3 is 15.4 Å². The van der Waals surface area contributed by atoms with Crippen LogP contribution in [0.4, 0.5) is 10.1 Å². The minimum absolute atomic E-state index is 0.00165. The van der Waals surface area contributed by atoms with Gasteiger partial charge in [0.15, 0.2) is 11.0 Å². The summed E-state index contributed by atoms with van der Waals surface area (Å²) in [6, 6.07) is 22.4. The van der Waals surface area contributed by atoms with Gasteiger partial charge in [-0.05, 0) is 55.0 Å². The fourth-order valence-corrected chi connectivity index (χ4v) is 4.29. The van der Waals surface area contributed by atoms with E-state index in [0.717, 1.165) is 36.0 Å². The highest BCUT2D eigenvalue weighted by Crippen LogP contribution is 2.23. The fourth-order valence-electron chi connectivity index (χ4n) is 3.52. The predicted octanol–water partition coefficient (Wildman–Crippen LogP) is 5.25. The number of thioether (sulfide) groups is 1. The number of hydrogen-bond donors (Lipinski definition) is 2. The van der Waals surface area contributed by atoms with Crippen LogP contribution < -0.4 is 15.4 Å². The molecular formula is C28H28FN5O3S. The predicted molar refractivity (Wildman–Crippen MR) is 145 cm³/mol. The van der Waals surface area contributed by atoms with Gasteiger partial charge >= 0.3 is 0 Å². The molecule has 4 aromatic rings. The summed E-state index contributed by atoms with van der Waals surface area (Å²) in [5.74, 6) is 0.0830. The monoisotopic (exact) mass is 533 g/mol. The van der Waals surface area contributed by atoms with E-state index in [9.17, 15) is 14.0 Å². The van der Waals surface area contributed by atoms with E-state index in [1.165, 1.54) is 12.1 Å². The Hall–Kier alpha value is -4.18. The Balaban J connectivity index is 1.42. The summed E-state index contributed by atoms with van der Waals surface area (Å²) >= 11 is 1.16. The molecule has 10 heteroatoms. The average molecular weight is 534 g/mol. The zero-order chi connectivity index (χ0) is 26.7. The number of carbonyl (C=O) groups excluding carboxylic acids is 2. The van der Waals surface area contributed by atoms with Crippen molar-refractivity contribution < 1.29 is 18.7 Å². The van der Waals surface area contributed by atoms with Gasteiger partial charge in [0.2, 0.25) is 5.91 Å². The van der Waals surface area contributed by atoms with E-state index in [2.05, 4.69) is 27.8 Å². The van der Waals surface area contributed by atoms with Crippen molar-refractivity contribution in [3.8, 4) is 11.4 Å². The summed E-state index contributed by atoms with van der Waals surface area (Å²) in [5, 5.41) is 14.4. The molecule has 0 spiro atoms. The Kier molecular flexibility index (Phi) is 9.47. The van der Waals surface area contributed by atoms with Crippen LogP contribution in [-0.4, -0.2) is 38.9 Å². The molecular weight excluding hydrogens is 505 g/mol. The Morgan fingerprint density at radius 3 is 2.45 bits per heavy atom. The minimum atomic E-state index is -0.505. The minimum Gasteiger partial charge on any atom is -0.494 e. The van der Waals surface area contributed by atoms with Gasteiger partial charge in [-0.1, -0.05) is 55.4 Å². The van der Waals surface area contributed by atoms with Crippen molar-refractivity contribution in [2.24, 2.45) is 0 Å². The van der Waals surface area contributed by atoms with Gasteiger partial charge in [-0.25, -0.2) is 4.39 Å². The normalized spacial score (nSPS) is 10.7. The number of nitrogens with one attached hydrogen (secondary N) is 2. The van der Waals surface area contributed by atoms with Crippen LogP contribution in [0.15, 0.2) is 84.0 Å². The van der Waals surface area contributed by atoms with E-state index in [-0.39, 0.29) is 29.8 Å². The molecule has 0 saturated carbocycles. The quantitative estimate of drug-likeness (QED) is 0.191. The number of amides is 2. The van der Waals surface area contributed by atoms with Gasteiger partial charge in [-0.2, -0.15) is 0 Å². The summed E-state index contributed by atoms with van der Waals surface area (Å²) < 4.78 is 21.3. The maximum Gasteiger partial charge on any atom is 0.251 e. The molecule has 1 heterocycles. The third-order valence-electron chi connectivity index (χ3n) is 5.49. The van der Waals surface area contributed by atoms with Gasteiger partial charge in [0.05, 0.1) is 24.6 Å². The maximum atomic E-state index is 13.9. The number of halogens is 1. The largest absolute Gasteiger partial charge is 0.494 e. The van der Waals surface area contributed by atoms with Crippen LogP contribution in [0.3, 0.4) is 0 Å². The number of anilines is 1. The second kappa shape index (κ2) is 13.4. The van der Waals surface area contributed by atoms with Crippen molar-refractivity contribution in [3.05, 3.63) is 96.1 Å². The van der Waals surface area contributed by atoms with Crippen molar-refractivity contribution in [2.75, 3.05) is 17.7 Å². The molecule has 0 atom stereocenters. The van der Waals surface area contributed by atoms with Crippen LogP contribution in [0.2, 0.25) is 0 Å². The first-order valence-electron chi connectivity index (χ1n) is 12.2. The molecule has 0 aliphatic rings. The van der Waals surface area contributed by atoms with Gasteiger partial charge in [0, 0.05) is 11.3 Å². The molecule has 3 aromatic carbocycles. The average Bonchev–Trinajstić information content (AvgIpc) is 3.35. The van der Waals surface area contributed by atoms with Crippen molar-refractivity contribution in [2.45, 2.75) is 31.5 Å². The fraction of sp³-hybridized carbons (Fsp3) is 0.214. The lowest BCUT2D eigenvalue weighted by atomic mass is 10.2. The first-order valence-corrected chi connectivity index (χ1v) is 13.2. The molecule has 38 heavy (non-hydrogen) atoms. The van der Waals surface area contributed by atoms with Gasteiger partial charge in [-0.3, -0.25) is 14.2 Å². The maximum absolute atomic E-state index is 13.9.